The zero-order valence-corrected chi connectivity index (χ0v) is 14.4. The third-order valence-electron chi connectivity index (χ3n) is 4.08. The van der Waals surface area contributed by atoms with Gasteiger partial charge in [0.1, 0.15) is 0 Å². The first-order valence-electron chi connectivity index (χ1n) is 7.94. The Labute approximate surface area is 146 Å². The fourth-order valence-electron chi connectivity index (χ4n) is 2.71. The molecule has 24 heavy (non-hydrogen) atoms. The van der Waals surface area contributed by atoms with Crippen molar-refractivity contribution in [2.75, 3.05) is 17.7 Å². The van der Waals surface area contributed by atoms with Crippen molar-refractivity contribution in [2.24, 2.45) is 0 Å². The molecular formula is C20H19NO2S. The van der Waals surface area contributed by atoms with E-state index in [1.807, 2.05) is 48.7 Å². The molecule has 0 N–H and O–H groups in total. The lowest BCUT2D eigenvalue weighted by Crippen LogP contribution is -2.23. The van der Waals surface area contributed by atoms with E-state index in [0.29, 0.717) is 12.0 Å². The van der Waals surface area contributed by atoms with Crippen LogP contribution < -0.4 is 4.90 Å². The summed E-state index contributed by atoms with van der Waals surface area (Å²) in [5, 5.41) is 0. The highest BCUT2D eigenvalue weighted by Gasteiger charge is 2.21. The number of allylic oxidation sites excluding steroid dienone is 1. The van der Waals surface area contributed by atoms with Crippen LogP contribution in [0.5, 0.6) is 0 Å². The number of carbonyl (C=O) groups is 2. The Morgan fingerprint density at radius 3 is 2.38 bits per heavy atom. The van der Waals surface area contributed by atoms with Crippen LogP contribution in [-0.4, -0.2) is 24.5 Å². The van der Waals surface area contributed by atoms with Crippen LogP contribution in [0.2, 0.25) is 0 Å². The quantitative estimate of drug-likeness (QED) is 0.460. The van der Waals surface area contributed by atoms with Crippen LogP contribution in [0.1, 0.15) is 28.8 Å². The van der Waals surface area contributed by atoms with Gasteiger partial charge in [0, 0.05) is 29.1 Å². The van der Waals surface area contributed by atoms with Gasteiger partial charge in [-0.05, 0) is 60.7 Å². The van der Waals surface area contributed by atoms with Gasteiger partial charge in [0.25, 0.3) is 0 Å². The van der Waals surface area contributed by atoms with Crippen molar-refractivity contribution in [3.8, 4) is 0 Å². The molecule has 0 spiro atoms. The minimum Gasteiger partial charge on any atom is -0.312 e. The summed E-state index contributed by atoms with van der Waals surface area (Å²) in [6.07, 6.45) is 6.96. The molecule has 3 rings (SSSR count). The molecular weight excluding hydrogens is 318 g/mol. The molecule has 1 heterocycles. The molecule has 1 aliphatic rings. The Morgan fingerprint density at radius 1 is 1.08 bits per heavy atom. The van der Waals surface area contributed by atoms with Crippen LogP contribution in [0, 0.1) is 0 Å². The van der Waals surface area contributed by atoms with Gasteiger partial charge in [-0.15, -0.1) is 11.8 Å². The highest BCUT2D eigenvalue weighted by molar-refractivity contribution is 7.98. The summed E-state index contributed by atoms with van der Waals surface area (Å²) < 4.78 is 0. The maximum atomic E-state index is 12.3. The van der Waals surface area contributed by atoms with Gasteiger partial charge in [-0.1, -0.05) is 18.2 Å². The SMILES string of the molecule is CSc1ccc(C=CC(=O)c2ccc(N3CCCC3=O)cc2)cc1. The summed E-state index contributed by atoms with van der Waals surface area (Å²) in [6, 6.07) is 15.3. The van der Waals surface area contributed by atoms with Crippen LogP contribution in [-0.2, 0) is 4.79 Å². The van der Waals surface area contributed by atoms with E-state index in [9.17, 15) is 9.59 Å². The second-order valence-corrected chi connectivity index (χ2v) is 6.55. The molecule has 3 nitrogen and oxygen atoms in total. The molecule has 1 amide bonds. The molecule has 0 unspecified atom stereocenters. The van der Waals surface area contributed by atoms with E-state index in [0.717, 1.165) is 24.2 Å². The smallest absolute Gasteiger partial charge is 0.227 e. The van der Waals surface area contributed by atoms with Gasteiger partial charge in [0.2, 0.25) is 5.91 Å². The lowest BCUT2D eigenvalue weighted by Gasteiger charge is -2.15. The first-order chi connectivity index (χ1) is 11.7. The van der Waals surface area contributed by atoms with Gasteiger partial charge in [-0.3, -0.25) is 9.59 Å². The lowest BCUT2D eigenvalue weighted by atomic mass is 10.1. The molecule has 0 saturated carbocycles. The molecule has 122 valence electrons. The van der Waals surface area contributed by atoms with Gasteiger partial charge < -0.3 is 4.90 Å². The summed E-state index contributed by atoms with van der Waals surface area (Å²) in [5.74, 6) is 0.117. The third kappa shape index (κ3) is 3.77. The summed E-state index contributed by atoms with van der Waals surface area (Å²) in [7, 11) is 0. The average molecular weight is 337 g/mol. The number of anilines is 1. The average Bonchev–Trinajstić information content (AvgIpc) is 3.06. The van der Waals surface area contributed by atoms with E-state index in [1.54, 1.807) is 34.9 Å². The van der Waals surface area contributed by atoms with Gasteiger partial charge in [0.05, 0.1) is 0 Å². The Bertz CT molecular complexity index is 763. The fourth-order valence-corrected chi connectivity index (χ4v) is 3.12. The summed E-state index contributed by atoms with van der Waals surface area (Å²) >= 11 is 1.69. The summed E-state index contributed by atoms with van der Waals surface area (Å²) in [6.45, 7) is 0.762. The number of thioether (sulfide) groups is 1. The highest BCUT2D eigenvalue weighted by Crippen LogP contribution is 2.22. The van der Waals surface area contributed by atoms with Crippen LogP contribution >= 0.6 is 11.8 Å². The topological polar surface area (TPSA) is 37.4 Å². The zero-order chi connectivity index (χ0) is 16.9. The van der Waals surface area contributed by atoms with E-state index < -0.39 is 0 Å². The number of ketones is 1. The maximum Gasteiger partial charge on any atom is 0.227 e. The van der Waals surface area contributed by atoms with Gasteiger partial charge in [0.15, 0.2) is 5.78 Å². The second-order valence-electron chi connectivity index (χ2n) is 5.67. The van der Waals surface area contributed by atoms with Gasteiger partial charge >= 0.3 is 0 Å². The molecule has 0 aliphatic carbocycles. The Balaban J connectivity index is 1.68. The minimum absolute atomic E-state index is 0.0387. The standard InChI is InChI=1S/C20H19NO2S/c1-24-18-11-4-15(5-12-18)6-13-19(22)16-7-9-17(10-8-16)21-14-2-3-20(21)23/h4-13H,2-3,14H2,1H3. The normalized spacial score (nSPS) is 14.5. The Morgan fingerprint density at radius 2 is 1.79 bits per heavy atom. The van der Waals surface area contributed by atoms with Crippen molar-refractivity contribution in [3.63, 3.8) is 0 Å². The predicted octanol–water partition coefficient (Wildman–Crippen LogP) is 4.43. The summed E-state index contributed by atoms with van der Waals surface area (Å²) in [4.78, 5) is 27.0. The van der Waals surface area contributed by atoms with Crippen LogP contribution in [0.25, 0.3) is 6.08 Å². The number of benzene rings is 2. The molecule has 0 atom stereocenters. The van der Waals surface area contributed by atoms with Crippen molar-refractivity contribution >= 4 is 35.2 Å². The number of rotatable bonds is 5. The van der Waals surface area contributed by atoms with Crippen LogP contribution in [0.3, 0.4) is 0 Å². The molecule has 0 radical (unpaired) electrons. The van der Waals surface area contributed by atoms with Crippen molar-refractivity contribution < 1.29 is 9.59 Å². The molecule has 0 bridgehead atoms. The molecule has 1 fully saturated rings. The maximum absolute atomic E-state index is 12.3. The monoisotopic (exact) mass is 337 g/mol. The number of carbonyl (C=O) groups excluding carboxylic acids is 2. The number of amides is 1. The van der Waals surface area contributed by atoms with Gasteiger partial charge in [-0.25, -0.2) is 0 Å². The largest absolute Gasteiger partial charge is 0.312 e. The van der Waals surface area contributed by atoms with Crippen molar-refractivity contribution in [2.45, 2.75) is 17.7 Å². The van der Waals surface area contributed by atoms with E-state index in [1.165, 1.54) is 4.90 Å². The van der Waals surface area contributed by atoms with Crippen LogP contribution in [0.15, 0.2) is 59.5 Å². The molecule has 2 aromatic rings. The highest BCUT2D eigenvalue weighted by atomic mass is 32.2. The second kappa shape index (κ2) is 7.49. The first-order valence-corrected chi connectivity index (χ1v) is 9.17. The van der Waals surface area contributed by atoms with Crippen molar-refractivity contribution in [1.82, 2.24) is 0 Å². The Hall–Kier alpha value is -2.33. The first kappa shape index (κ1) is 16.5. The number of hydrogen-bond donors (Lipinski definition) is 0. The predicted molar refractivity (Wildman–Crippen MR) is 99.6 cm³/mol. The Kier molecular flexibility index (Phi) is 5.16. The molecule has 4 heteroatoms. The number of nitrogens with zero attached hydrogens (tertiary/aromatic N) is 1. The molecule has 1 saturated heterocycles. The molecule has 0 aromatic heterocycles. The van der Waals surface area contributed by atoms with E-state index >= 15 is 0 Å². The van der Waals surface area contributed by atoms with Crippen molar-refractivity contribution in [1.29, 1.82) is 0 Å². The van der Waals surface area contributed by atoms with E-state index in [2.05, 4.69) is 0 Å². The lowest BCUT2D eigenvalue weighted by molar-refractivity contribution is -0.117. The van der Waals surface area contributed by atoms with Crippen LogP contribution in [0.4, 0.5) is 5.69 Å². The van der Waals surface area contributed by atoms with E-state index in [-0.39, 0.29) is 11.7 Å². The fraction of sp³-hybridized carbons (Fsp3) is 0.200. The minimum atomic E-state index is -0.0387. The summed E-state index contributed by atoms with van der Waals surface area (Å²) in [5.41, 5.74) is 2.49. The number of hydrogen-bond acceptors (Lipinski definition) is 3. The van der Waals surface area contributed by atoms with Gasteiger partial charge in [-0.2, -0.15) is 0 Å². The third-order valence-corrected chi connectivity index (χ3v) is 4.82. The van der Waals surface area contributed by atoms with Crippen molar-refractivity contribution in [3.05, 3.63) is 65.7 Å². The molecule has 1 aliphatic heterocycles. The van der Waals surface area contributed by atoms with E-state index in [4.69, 9.17) is 0 Å². The molecule has 2 aromatic carbocycles. The zero-order valence-electron chi connectivity index (χ0n) is 13.6.